The minimum atomic E-state index is 0. The van der Waals surface area contributed by atoms with Gasteiger partial charge in [-0.25, -0.2) is 0 Å². The van der Waals surface area contributed by atoms with E-state index in [0.29, 0.717) is 13.1 Å². The summed E-state index contributed by atoms with van der Waals surface area (Å²) in [7, 11) is 0. The van der Waals surface area contributed by atoms with Gasteiger partial charge in [0, 0.05) is 29.5 Å². The molecule has 0 radical (unpaired) electrons. The van der Waals surface area contributed by atoms with Crippen molar-refractivity contribution in [2.45, 2.75) is 38.8 Å². The van der Waals surface area contributed by atoms with E-state index in [1.807, 2.05) is 23.1 Å². The molecule has 2 aromatic rings. The van der Waals surface area contributed by atoms with E-state index in [4.69, 9.17) is 4.74 Å². The summed E-state index contributed by atoms with van der Waals surface area (Å²) in [6, 6.07) is 14.6. The highest BCUT2D eigenvalue weighted by Gasteiger charge is 2.18. The lowest BCUT2D eigenvalue weighted by Crippen LogP contribution is -2.40. The molecular weight excluding hydrogens is 380 g/mol. The molecule has 1 aromatic carbocycles. The predicted octanol–water partition coefficient (Wildman–Crippen LogP) is 3.82. The van der Waals surface area contributed by atoms with Gasteiger partial charge in [-0.15, -0.1) is 23.7 Å². The fourth-order valence-corrected chi connectivity index (χ4v) is 4.12. The fourth-order valence-electron chi connectivity index (χ4n) is 3.22. The van der Waals surface area contributed by atoms with Crippen molar-refractivity contribution < 1.29 is 9.53 Å². The van der Waals surface area contributed by atoms with Gasteiger partial charge in [0.15, 0.2) is 0 Å². The first-order valence-corrected chi connectivity index (χ1v) is 10.2. The van der Waals surface area contributed by atoms with Crippen LogP contribution in [0.4, 0.5) is 0 Å². The van der Waals surface area contributed by atoms with Crippen molar-refractivity contribution in [2.75, 3.05) is 26.2 Å². The number of carbonyl (C=O) groups excluding carboxylic acids is 1. The van der Waals surface area contributed by atoms with E-state index in [0.717, 1.165) is 39.0 Å². The molecule has 1 aliphatic rings. The van der Waals surface area contributed by atoms with E-state index in [1.165, 1.54) is 15.3 Å². The third-order valence-corrected chi connectivity index (χ3v) is 5.67. The van der Waals surface area contributed by atoms with Gasteiger partial charge >= 0.3 is 0 Å². The van der Waals surface area contributed by atoms with Crippen LogP contribution in [0.1, 0.15) is 28.2 Å². The number of hydrogen-bond donors (Lipinski definition) is 1. The second kappa shape index (κ2) is 11.4. The van der Waals surface area contributed by atoms with Crippen molar-refractivity contribution in [3.8, 4) is 0 Å². The van der Waals surface area contributed by atoms with Crippen molar-refractivity contribution in [1.29, 1.82) is 0 Å². The van der Waals surface area contributed by atoms with Crippen molar-refractivity contribution in [3.63, 3.8) is 0 Å². The maximum atomic E-state index is 12.8. The molecule has 27 heavy (non-hydrogen) atoms. The highest BCUT2D eigenvalue weighted by molar-refractivity contribution is 7.11. The first-order chi connectivity index (χ1) is 12.7. The summed E-state index contributed by atoms with van der Waals surface area (Å²) in [4.78, 5) is 17.3. The topological polar surface area (TPSA) is 41.6 Å². The highest BCUT2D eigenvalue weighted by atomic mass is 35.5. The minimum Gasteiger partial charge on any atom is -0.377 e. The van der Waals surface area contributed by atoms with Gasteiger partial charge in [0.2, 0.25) is 5.91 Å². The van der Waals surface area contributed by atoms with Gasteiger partial charge in [0.1, 0.15) is 0 Å². The van der Waals surface area contributed by atoms with Crippen molar-refractivity contribution in [3.05, 3.63) is 57.8 Å². The monoisotopic (exact) mass is 408 g/mol. The Morgan fingerprint density at radius 1 is 1.26 bits per heavy atom. The molecule has 148 valence electrons. The average molecular weight is 409 g/mol. The first kappa shape index (κ1) is 21.9. The molecular formula is C21H29ClN2O2S. The fraction of sp³-hybridized carbons (Fsp3) is 0.476. The van der Waals surface area contributed by atoms with Crippen LogP contribution in [0.25, 0.3) is 0 Å². The Morgan fingerprint density at radius 3 is 2.74 bits per heavy atom. The van der Waals surface area contributed by atoms with Crippen LogP contribution >= 0.6 is 23.7 Å². The summed E-state index contributed by atoms with van der Waals surface area (Å²) < 4.78 is 5.61. The Bertz CT molecular complexity index is 686. The van der Waals surface area contributed by atoms with E-state index >= 15 is 0 Å². The third kappa shape index (κ3) is 7.26. The lowest BCUT2D eigenvalue weighted by atomic mass is 10.1. The summed E-state index contributed by atoms with van der Waals surface area (Å²) in [5.41, 5.74) is 1.26. The second-order valence-corrected chi connectivity index (χ2v) is 8.20. The zero-order chi connectivity index (χ0) is 18.2. The van der Waals surface area contributed by atoms with E-state index < -0.39 is 0 Å². The number of rotatable bonds is 9. The first-order valence-electron chi connectivity index (χ1n) is 9.40. The Hall–Kier alpha value is -1.40. The second-order valence-electron chi connectivity index (χ2n) is 6.83. The normalized spacial score (nSPS) is 16.1. The third-order valence-electron chi connectivity index (χ3n) is 4.68. The molecule has 2 heterocycles. The predicted molar refractivity (Wildman–Crippen MR) is 114 cm³/mol. The van der Waals surface area contributed by atoms with Gasteiger partial charge in [0.05, 0.1) is 19.2 Å². The van der Waals surface area contributed by atoms with Gasteiger partial charge in [-0.3, -0.25) is 4.79 Å². The average Bonchev–Trinajstić information content (AvgIpc) is 3.31. The number of nitrogens with zero attached hydrogens (tertiary/aromatic N) is 1. The van der Waals surface area contributed by atoms with Crippen LogP contribution in [-0.4, -0.2) is 43.2 Å². The quantitative estimate of drug-likeness (QED) is 0.685. The molecule has 1 N–H and O–H groups in total. The molecule has 1 unspecified atom stereocenters. The molecule has 1 aromatic heterocycles. The zero-order valence-electron chi connectivity index (χ0n) is 15.9. The number of aryl methyl sites for hydroxylation is 1. The van der Waals surface area contributed by atoms with Gasteiger partial charge in [-0.2, -0.15) is 0 Å². The van der Waals surface area contributed by atoms with E-state index in [1.54, 1.807) is 11.3 Å². The summed E-state index contributed by atoms with van der Waals surface area (Å²) in [6.45, 7) is 5.51. The number of amides is 1. The molecule has 3 rings (SSSR count). The Kier molecular flexibility index (Phi) is 9.28. The molecule has 0 saturated carbocycles. The summed E-state index contributed by atoms with van der Waals surface area (Å²) >= 11 is 1.77. The molecule has 0 spiro atoms. The molecule has 1 aliphatic heterocycles. The standard InChI is InChI=1S/C21H28N2O2S.ClH/c1-17-9-10-20(26-17)16-23(12-11-18-6-3-2-4-7-18)21(24)15-22-14-19-8-5-13-25-19;/h2-4,6-7,9-10,19,22H,5,8,11-16H2,1H3;1H. The maximum absolute atomic E-state index is 12.8. The molecule has 1 amide bonds. The number of hydrogen-bond acceptors (Lipinski definition) is 4. The summed E-state index contributed by atoms with van der Waals surface area (Å²) in [5.74, 6) is 0.157. The Labute approximate surface area is 172 Å². The van der Waals surface area contributed by atoms with Gasteiger partial charge in [-0.05, 0) is 43.9 Å². The van der Waals surface area contributed by atoms with Gasteiger partial charge in [-0.1, -0.05) is 30.3 Å². The highest BCUT2D eigenvalue weighted by Crippen LogP contribution is 2.18. The Balaban J connectivity index is 0.00000261. The Morgan fingerprint density at radius 2 is 2.07 bits per heavy atom. The number of thiophene rings is 1. The van der Waals surface area contributed by atoms with Gasteiger partial charge < -0.3 is 15.0 Å². The molecule has 1 atom stereocenters. The van der Waals surface area contributed by atoms with Crippen LogP contribution in [0.5, 0.6) is 0 Å². The van der Waals surface area contributed by atoms with Crippen LogP contribution in [0.15, 0.2) is 42.5 Å². The summed E-state index contributed by atoms with van der Waals surface area (Å²) in [5, 5.41) is 3.28. The van der Waals surface area contributed by atoms with Crippen LogP contribution in [0.3, 0.4) is 0 Å². The van der Waals surface area contributed by atoms with Crippen LogP contribution in [0.2, 0.25) is 0 Å². The van der Waals surface area contributed by atoms with Crippen LogP contribution < -0.4 is 5.32 Å². The molecule has 0 aliphatic carbocycles. The number of nitrogens with one attached hydrogen (secondary N) is 1. The van der Waals surface area contributed by atoms with E-state index in [2.05, 4.69) is 36.5 Å². The lowest BCUT2D eigenvalue weighted by molar-refractivity contribution is -0.130. The molecule has 0 bridgehead atoms. The van der Waals surface area contributed by atoms with Crippen LogP contribution in [0, 0.1) is 6.92 Å². The number of halogens is 1. The largest absolute Gasteiger partial charge is 0.377 e. The number of ether oxygens (including phenoxy) is 1. The minimum absolute atomic E-state index is 0. The molecule has 4 nitrogen and oxygen atoms in total. The van der Waals surface area contributed by atoms with E-state index in [9.17, 15) is 4.79 Å². The van der Waals surface area contributed by atoms with Crippen molar-refractivity contribution >= 4 is 29.7 Å². The molecule has 1 saturated heterocycles. The van der Waals surface area contributed by atoms with Crippen molar-refractivity contribution in [2.24, 2.45) is 0 Å². The lowest BCUT2D eigenvalue weighted by Gasteiger charge is -2.23. The zero-order valence-corrected chi connectivity index (χ0v) is 17.5. The number of benzene rings is 1. The van der Waals surface area contributed by atoms with Crippen LogP contribution in [-0.2, 0) is 22.5 Å². The van der Waals surface area contributed by atoms with E-state index in [-0.39, 0.29) is 24.4 Å². The smallest absolute Gasteiger partial charge is 0.236 e. The maximum Gasteiger partial charge on any atom is 0.236 e. The molecule has 1 fully saturated rings. The number of carbonyl (C=O) groups is 1. The SMILES string of the molecule is Cc1ccc(CN(CCc2ccccc2)C(=O)CNCC2CCCO2)s1.Cl. The molecule has 6 heteroatoms. The van der Waals surface area contributed by atoms with Gasteiger partial charge in [0.25, 0.3) is 0 Å². The van der Waals surface area contributed by atoms with Crippen molar-refractivity contribution in [1.82, 2.24) is 10.2 Å². The summed E-state index contributed by atoms with van der Waals surface area (Å²) in [6.07, 6.45) is 3.36.